The minimum Gasteiger partial charge on any atom is -0.467 e. The predicted molar refractivity (Wildman–Crippen MR) is 108 cm³/mol. The molecule has 29 heavy (non-hydrogen) atoms. The van der Waals surface area contributed by atoms with Gasteiger partial charge in [0.1, 0.15) is 5.76 Å². The van der Waals surface area contributed by atoms with E-state index in [4.69, 9.17) is 20.4 Å². The van der Waals surface area contributed by atoms with Crippen LogP contribution in [0.2, 0.25) is 5.02 Å². The number of nitrogens with zero attached hydrogens (tertiary/aromatic N) is 2. The number of carbonyl (C=O) groups is 1. The summed E-state index contributed by atoms with van der Waals surface area (Å²) >= 11 is 6.17. The molecule has 7 nitrogen and oxygen atoms in total. The Bertz CT molecular complexity index is 1110. The molecule has 0 radical (unpaired) electrons. The summed E-state index contributed by atoms with van der Waals surface area (Å²) in [5.41, 5.74) is 1.83. The van der Waals surface area contributed by atoms with E-state index in [1.165, 1.54) is 0 Å². The van der Waals surface area contributed by atoms with Crippen molar-refractivity contribution in [3.63, 3.8) is 0 Å². The molecule has 4 aromatic rings. The summed E-state index contributed by atoms with van der Waals surface area (Å²) in [5, 5.41) is 14.6. The van der Waals surface area contributed by atoms with Gasteiger partial charge in [-0.25, -0.2) is 0 Å². The van der Waals surface area contributed by atoms with Crippen LogP contribution in [-0.2, 0) is 13.1 Å². The highest BCUT2D eigenvalue weighted by molar-refractivity contribution is 6.33. The van der Waals surface area contributed by atoms with Crippen LogP contribution in [0.1, 0.15) is 22.0 Å². The molecule has 2 aromatic carbocycles. The number of hydrogen-bond acceptors (Lipinski definition) is 6. The molecule has 0 bridgehead atoms. The van der Waals surface area contributed by atoms with Crippen LogP contribution in [0.15, 0.2) is 75.8 Å². The lowest BCUT2D eigenvalue weighted by Gasteiger charge is -2.10. The molecule has 0 spiro atoms. The normalized spacial score (nSPS) is 10.7. The van der Waals surface area contributed by atoms with Crippen molar-refractivity contribution in [1.29, 1.82) is 0 Å². The Morgan fingerprint density at radius 2 is 1.79 bits per heavy atom. The number of benzene rings is 2. The van der Waals surface area contributed by atoms with Gasteiger partial charge in [-0.15, -0.1) is 10.2 Å². The Morgan fingerprint density at radius 1 is 0.966 bits per heavy atom. The third-order valence-electron chi connectivity index (χ3n) is 4.18. The lowest BCUT2D eigenvalue weighted by molar-refractivity contribution is 0.0949. The fraction of sp³-hybridized carbons (Fsp3) is 0.0952. The van der Waals surface area contributed by atoms with Crippen molar-refractivity contribution in [1.82, 2.24) is 15.5 Å². The van der Waals surface area contributed by atoms with E-state index in [1.54, 1.807) is 36.6 Å². The lowest BCUT2D eigenvalue weighted by atomic mass is 10.1. The van der Waals surface area contributed by atoms with Gasteiger partial charge in [0.2, 0.25) is 11.8 Å². The molecule has 0 unspecified atom stereocenters. The van der Waals surface area contributed by atoms with E-state index < -0.39 is 0 Å². The van der Waals surface area contributed by atoms with Crippen LogP contribution >= 0.6 is 11.6 Å². The monoisotopic (exact) mass is 408 g/mol. The first kappa shape index (κ1) is 18.8. The van der Waals surface area contributed by atoms with Crippen molar-refractivity contribution in [2.75, 3.05) is 5.32 Å². The molecule has 0 aliphatic rings. The predicted octanol–water partition coefficient (Wildman–Crippen LogP) is 4.53. The quantitative estimate of drug-likeness (QED) is 0.467. The summed E-state index contributed by atoms with van der Waals surface area (Å²) in [6.45, 7) is 0.574. The third kappa shape index (κ3) is 4.47. The van der Waals surface area contributed by atoms with Gasteiger partial charge >= 0.3 is 0 Å². The number of amides is 1. The Morgan fingerprint density at radius 3 is 2.62 bits per heavy atom. The van der Waals surface area contributed by atoms with Gasteiger partial charge < -0.3 is 19.5 Å². The Hall–Kier alpha value is -3.58. The van der Waals surface area contributed by atoms with Crippen LogP contribution in [0.25, 0.3) is 11.5 Å². The van der Waals surface area contributed by atoms with Crippen LogP contribution in [0, 0.1) is 0 Å². The maximum Gasteiger partial charge on any atom is 0.253 e. The number of hydrogen-bond donors (Lipinski definition) is 2. The van der Waals surface area contributed by atoms with E-state index in [0.29, 0.717) is 45.9 Å². The zero-order valence-electron chi connectivity index (χ0n) is 15.3. The van der Waals surface area contributed by atoms with Crippen molar-refractivity contribution >= 4 is 23.2 Å². The maximum absolute atomic E-state index is 12.5. The highest BCUT2D eigenvalue weighted by Gasteiger charge is 2.14. The Labute approximate surface area is 171 Å². The molecule has 8 heteroatoms. The molecule has 2 heterocycles. The van der Waals surface area contributed by atoms with Gasteiger partial charge in [0.25, 0.3) is 5.91 Å². The minimum atomic E-state index is -0.216. The van der Waals surface area contributed by atoms with Crippen molar-refractivity contribution < 1.29 is 13.6 Å². The van der Waals surface area contributed by atoms with Crippen LogP contribution in [0.4, 0.5) is 5.69 Å². The molecule has 1 amide bonds. The summed E-state index contributed by atoms with van der Waals surface area (Å²) in [7, 11) is 0. The molecular formula is C21H17ClN4O3. The third-order valence-corrected chi connectivity index (χ3v) is 4.51. The van der Waals surface area contributed by atoms with Crippen molar-refractivity contribution in [3.05, 3.63) is 89.2 Å². The van der Waals surface area contributed by atoms with Crippen LogP contribution in [0.3, 0.4) is 0 Å². The minimum absolute atomic E-state index is 0.216. The number of carbonyl (C=O) groups excluding carboxylic acids is 1. The lowest BCUT2D eigenvalue weighted by Crippen LogP contribution is -2.23. The molecule has 0 fully saturated rings. The average molecular weight is 409 g/mol. The number of nitrogens with one attached hydrogen (secondary N) is 2. The molecule has 0 saturated heterocycles. The van der Waals surface area contributed by atoms with Gasteiger partial charge in [0.05, 0.1) is 35.5 Å². The van der Waals surface area contributed by atoms with Crippen LogP contribution < -0.4 is 10.6 Å². The second-order valence-corrected chi connectivity index (χ2v) is 6.55. The number of anilines is 1. The SMILES string of the molecule is O=C(NCc1ccco1)c1ccccc1NCc1nnc(-c2ccccc2Cl)o1. The molecule has 4 rings (SSSR count). The molecule has 0 aliphatic heterocycles. The molecule has 0 aliphatic carbocycles. The van der Waals surface area contributed by atoms with E-state index >= 15 is 0 Å². The highest BCUT2D eigenvalue weighted by atomic mass is 35.5. The van der Waals surface area contributed by atoms with Gasteiger partial charge in [-0.2, -0.15) is 0 Å². The van der Waals surface area contributed by atoms with E-state index in [-0.39, 0.29) is 12.5 Å². The molecule has 2 N–H and O–H groups in total. The summed E-state index contributed by atoms with van der Waals surface area (Å²) in [6, 6.07) is 18.0. The van der Waals surface area contributed by atoms with Crippen molar-refractivity contribution in [3.8, 4) is 11.5 Å². The highest BCUT2D eigenvalue weighted by Crippen LogP contribution is 2.26. The van der Waals surface area contributed by atoms with Gasteiger partial charge in [-0.3, -0.25) is 4.79 Å². The average Bonchev–Trinajstić information content (AvgIpc) is 3.43. The summed E-state index contributed by atoms with van der Waals surface area (Å²) < 4.78 is 10.9. The first-order valence-electron chi connectivity index (χ1n) is 8.91. The topological polar surface area (TPSA) is 93.2 Å². The van der Waals surface area contributed by atoms with Gasteiger partial charge in [0.15, 0.2) is 0 Å². The zero-order valence-corrected chi connectivity index (χ0v) is 16.0. The first-order valence-corrected chi connectivity index (χ1v) is 9.29. The standard InChI is InChI=1S/C21H17ClN4O3/c22-17-9-3-1-7-15(17)21-26-25-19(29-21)13-23-18-10-4-2-8-16(18)20(27)24-12-14-6-5-11-28-14/h1-11,23H,12-13H2,(H,24,27). The van der Waals surface area contributed by atoms with Gasteiger partial charge in [0, 0.05) is 5.69 Å². The smallest absolute Gasteiger partial charge is 0.253 e. The van der Waals surface area contributed by atoms with E-state index in [9.17, 15) is 4.79 Å². The number of aromatic nitrogens is 2. The van der Waals surface area contributed by atoms with Crippen molar-refractivity contribution in [2.45, 2.75) is 13.1 Å². The summed E-state index contributed by atoms with van der Waals surface area (Å²) in [5.74, 6) is 1.19. The first-order chi connectivity index (χ1) is 14.2. The van der Waals surface area contributed by atoms with Crippen LogP contribution in [0.5, 0.6) is 0 Å². The van der Waals surface area contributed by atoms with Crippen LogP contribution in [-0.4, -0.2) is 16.1 Å². The summed E-state index contributed by atoms with van der Waals surface area (Å²) in [4.78, 5) is 12.5. The van der Waals surface area contributed by atoms with E-state index in [1.807, 2.05) is 30.3 Å². The second-order valence-electron chi connectivity index (χ2n) is 6.14. The number of halogens is 1. The second kappa shape index (κ2) is 8.62. The maximum atomic E-state index is 12.5. The molecule has 0 atom stereocenters. The molecule has 2 aromatic heterocycles. The molecular weight excluding hydrogens is 392 g/mol. The molecule has 0 saturated carbocycles. The largest absolute Gasteiger partial charge is 0.467 e. The fourth-order valence-corrected chi connectivity index (χ4v) is 2.97. The number of para-hydroxylation sites is 1. The Kier molecular flexibility index (Phi) is 5.58. The fourth-order valence-electron chi connectivity index (χ4n) is 2.75. The van der Waals surface area contributed by atoms with Gasteiger partial charge in [-0.05, 0) is 36.4 Å². The van der Waals surface area contributed by atoms with E-state index in [2.05, 4.69) is 20.8 Å². The zero-order chi connectivity index (χ0) is 20.1. The van der Waals surface area contributed by atoms with Gasteiger partial charge in [-0.1, -0.05) is 35.9 Å². The number of furan rings is 1. The number of rotatable bonds is 7. The summed E-state index contributed by atoms with van der Waals surface area (Å²) in [6.07, 6.45) is 1.57. The Balaban J connectivity index is 1.43. The van der Waals surface area contributed by atoms with Crippen molar-refractivity contribution in [2.24, 2.45) is 0 Å². The van der Waals surface area contributed by atoms with E-state index in [0.717, 1.165) is 0 Å². The molecule has 146 valence electrons.